The Labute approximate surface area is 122 Å². The van der Waals surface area contributed by atoms with Crippen LogP contribution in [0.15, 0.2) is 16.7 Å². The van der Waals surface area contributed by atoms with E-state index in [1.54, 1.807) is 15.9 Å². The lowest BCUT2D eigenvalue weighted by Gasteiger charge is -2.35. The van der Waals surface area contributed by atoms with Crippen LogP contribution in [0.2, 0.25) is 5.22 Å². The van der Waals surface area contributed by atoms with Gasteiger partial charge >= 0.3 is 0 Å². The maximum atomic E-state index is 12.2. The minimum absolute atomic E-state index is 0.0865. The van der Waals surface area contributed by atoms with Gasteiger partial charge < -0.3 is 19.1 Å². The van der Waals surface area contributed by atoms with Gasteiger partial charge in [-0.15, -0.1) is 0 Å². The lowest BCUT2D eigenvalue weighted by atomic mass is 10.2. The van der Waals surface area contributed by atoms with Gasteiger partial charge in [-0.25, -0.2) is 0 Å². The summed E-state index contributed by atoms with van der Waals surface area (Å²) in [6.07, 6.45) is 1.40. The lowest BCUT2D eigenvalue weighted by Crippen LogP contribution is -2.52. The highest BCUT2D eigenvalue weighted by Gasteiger charge is 2.26. The monoisotopic (exact) mass is 299 g/mol. The van der Waals surface area contributed by atoms with E-state index >= 15 is 0 Å². The van der Waals surface area contributed by atoms with Crippen molar-refractivity contribution in [2.45, 2.75) is 0 Å². The van der Waals surface area contributed by atoms with E-state index in [0.717, 1.165) is 0 Å². The quantitative estimate of drug-likeness (QED) is 0.827. The Morgan fingerprint density at radius 1 is 1.25 bits per heavy atom. The molecule has 2 heterocycles. The first-order chi connectivity index (χ1) is 9.49. The first kappa shape index (κ1) is 14.9. The molecule has 7 heteroatoms. The van der Waals surface area contributed by atoms with Crippen LogP contribution in [0.5, 0.6) is 0 Å². The zero-order chi connectivity index (χ0) is 14.7. The second-order valence-electron chi connectivity index (χ2n) is 5.02. The highest BCUT2D eigenvalue weighted by Crippen LogP contribution is 2.19. The van der Waals surface area contributed by atoms with Gasteiger partial charge in [0.2, 0.25) is 11.1 Å². The van der Waals surface area contributed by atoms with Crippen LogP contribution in [0.1, 0.15) is 10.4 Å². The number of carbonyl (C=O) groups is 2. The molecule has 0 bridgehead atoms. The number of furan rings is 1. The summed E-state index contributed by atoms with van der Waals surface area (Å²) in [7, 11) is 3.72. The number of halogens is 1. The molecular weight excluding hydrogens is 282 g/mol. The van der Waals surface area contributed by atoms with Gasteiger partial charge in [-0.2, -0.15) is 0 Å². The standard InChI is InChI=1S/C13H18ClN3O3/c1-15(2)9-11(18)16-4-6-17(7-5-16)13(19)10-3-8-20-12(10)14/h3,8H,4-7,9H2,1-2H3. The molecule has 2 rings (SSSR count). The summed E-state index contributed by atoms with van der Waals surface area (Å²) in [5, 5.41) is 0.112. The third-order valence-corrected chi connectivity index (χ3v) is 3.51. The van der Waals surface area contributed by atoms with E-state index in [1.165, 1.54) is 6.26 Å². The highest BCUT2D eigenvalue weighted by molar-refractivity contribution is 6.32. The van der Waals surface area contributed by atoms with Crippen LogP contribution in [0.25, 0.3) is 0 Å². The van der Waals surface area contributed by atoms with Crippen molar-refractivity contribution in [2.24, 2.45) is 0 Å². The first-order valence-electron chi connectivity index (χ1n) is 6.44. The van der Waals surface area contributed by atoms with Crippen LogP contribution in [-0.2, 0) is 4.79 Å². The van der Waals surface area contributed by atoms with Crippen LogP contribution in [0, 0.1) is 0 Å². The average molecular weight is 300 g/mol. The molecule has 0 atom stereocenters. The van der Waals surface area contributed by atoms with Crippen molar-refractivity contribution in [3.8, 4) is 0 Å². The maximum Gasteiger partial charge on any atom is 0.258 e. The fourth-order valence-electron chi connectivity index (χ4n) is 2.15. The van der Waals surface area contributed by atoms with E-state index in [0.29, 0.717) is 38.3 Å². The van der Waals surface area contributed by atoms with Gasteiger partial charge in [-0.05, 0) is 31.8 Å². The van der Waals surface area contributed by atoms with Crippen LogP contribution in [-0.4, -0.2) is 73.3 Å². The number of amides is 2. The van der Waals surface area contributed by atoms with E-state index in [9.17, 15) is 9.59 Å². The van der Waals surface area contributed by atoms with Crippen LogP contribution in [0.3, 0.4) is 0 Å². The molecule has 1 saturated heterocycles. The van der Waals surface area contributed by atoms with Crippen molar-refractivity contribution >= 4 is 23.4 Å². The van der Waals surface area contributed by atoms with Crippen LogP contribution >= 0.6 is 11.6 Å². The van der Waals surface area contributed by atoms with Gasteiger partial charge in [0.25, 0.3) is 5.91 Å². The largest absolute Gasteiger partial charge is 0.452 e. The van der Waals surface area contributed by atoms with Crippen LogP contribution in [0.4, 0.5) is 0 Å². The van der Waals surface area contributed by atoms with Crippen molar-refractivity contribution in [1.82, 2.24) is 14.7 Å². The summed E-state index contributed by atoms with van der Waals surface area (Å²) < 4.78 is 4.93. The van der Waals surface area contributed by atoms with Crippen molar-refractivity contribution < 1.29 is 14.0 Å². The summed E-state index contributed by atoms with van der Waals surface area (Å²) in [4.78, 5) is 29.4. The molecule has 20 heavy (non-hydrogen) atoms. The second-order valence-corrected chi connectivity index (χ2v) is 5.36. The maximum absolute atomic E-state index is 12.2. The SMILES string of the molecule is CN(C)CC(=O)N1CCN(C(=O)c2ccoc2Cl)CC1. The van der Waals surface area contributed by atoms with Crippen molar-refractivity contribution in [2.75, 3.05) is 46.8 Å². The number of hydrogen-bond donors (Lipinski definition) is 0. The smallest absolute Gasteiger partial charge is 0.258 e. The molecule has 1 aromatic rings. The molecule has 0 aliphatic carbocycles. The molecule has 6 nitrogen and oxygen atoms in total. The molecule has 0 spiro atoms. The minimum Gasteiger partial charge on any atom is -0.452 e. The van der Waals surface area contributed by atoms with E-state index in [2.05, 4.69) is 0 Å². The average Bonchev–Trinajstić information content (AvgIpc) is 2.83. The van der Waals surface area contributed by atoms with E-state index in [-0.39, 0.29) is 17.0 Å². The summed E-state index contributed by atoms with van der Waals surface area (Å²) in [5.41, 5.74) is 0.375. The van der Waals surface area contributed by atoms with E-state index in [1.807, 2.05) is 19.0 Å². The molecular formula is C13H18ClN3O3. The third kappa shape index (κ3) is 3.32. The molecule has 0 saturated carbocycles. The summed E-state index contributed by atoms with van der Waals surface area (Å²) in [5.74, 6) is -0.0631. The number of hydrogen-bond acceptors (Lipinski definition) is 4. The summed E-state index contributed by atoms with van der Waals surface area (Å²) >= 11 is 5.81. The van der Waals surface area contributed by atoms with Crippen molar-refractivity contribution in [3.63, 3.8) is 0 Å². The number of likely N-dealkylation sites (N-methyl/N-ethyl adjacent to an activating group) is 1. The van der Waals surface area contributed by atoms with Crippen LogP contribution < -0.4 is 0 Å². The number of carbonyl (C=O) groups excluding carboxylic acids is 2. The molecule has 1 aliphatic rings. The van der Waals surface area contributed by atoms with E-state index < -0.39 is 0 Å². The summed E-state index contributed by atoms with van der Waals surface area (Å²) in [6, 6.07) is 1.56. The van der Waals surface area contributed by atoms with Gasteiger partial charge in [0.15, 0.2) is 0 Å². The Hall–Kier alpha value is -1.53. The predicted molar refractivity (Wildman–Crippen MR) is 74.8 cm³/mol. The minimum atomic E-state index is -0.150. The second kappa shape index (κ2) is 6.28. The Morgan fingerprint density at radius 3 is 2.35 bits per heavy atom. The van der Waals surface area contributed by atoms with Gasteiger partial charge in [0.1, 0.15) is 0 Å². The zero-order valence-corrected chi connectivity index (χ0v) is 12.4. The van der Waals surface area contributed by atoms with Crippen molar-refractivity contribution in [3.05, 3.63) is 23.1 Å². The third-order valence-electron chi connectivity index (χ3n) is 3.22. The Balaban J connectivity index is 1.90. The Kier molecular flexibility index (Phi) is 4.67. The Morgan fingerprint density at radius 2 is 1.85 bits per heavy atom. The van der Waals surface area contributed by atoms with Gasteiger partial charge in [-0.3, -0.25) is 9.59 Å². The van der Waals surface area contributed by atoms with Gasteiger partial charge in [0, 0.05) is 26.2 Å². The molecule has 0 radical (unpaired) electrons. The number of rotatable bonds is 3. The Bertz CT molecular complexity index is 493. The summed E-state index contributed by atoms with van der Waals surface area (Å²) in [6.45, 7) is 2.52. The van der Waals surface area contributed by atoms with Gasteiger partial charge in [0.05, 0.1) is 18.4 Å². The normalized spacial score (nSPS) is 15.8. The molecule has 0 aromatic carbocycles. The fraction of sp³-hybridized carbons (Fsp3) is 0.538. The zero-order valence-electron chi connectivity index (χ0n) is 11.6. The van der Waals surface area contributed by atoms with E-state index in [4.69, 9.17) is 16.0 Å². The highest BCUT2D eigenvalue weighted by atomic mass is 35.5. The van der Waals surface area contributed by atoms with Gasteiger partial charge in [-0.1, -0.05) is 0 Å². The molecule has 1 aliphatic heterocycles. The molecule has 0 unspecified atom stereocenters. The number of piperazine rings is 1. The molecule has 1 aromatic heterocycles. The first-order valence-corrected chi connectivity index (χ1v) is 6.81. The predicted octanol–water partition coefficient (Wildman–Crippen LogP) is 0.779. The fourth-order valence-corrected chi connectivity index (χ4v) is 2.34. The number of nitrogens with zero attached hydrogens (tertiary/aromatic N) is 3. The molecule has 0 N–H and O–H groups in total. The molecule has 2 amide bonds. The molecule has 110 valence electrons. The molecule has 1 fully saturated rings. The van der Waals surface area contributed by atoms with Crippen molar-refractivity contribution in [1.29, 1.82) is 0 Å². The topological polar surface area (TPSA) is 57.0 Å². The lowest BCUT2D eigenvalue weighted by molar-refractivity contribution is -0.133.